The molecule has 0 spiro atoms. The zero-order valence-corrected chi connectivity index (χ0v) is 11.4. The van der Waals surface area contributed by atoms with Gasteiger partial charge in [-0.1, -0.05) is 37.3 Å². The fraction of sp³-hybridized carbons (Fsp3) is 0.250. The molecule has 4 nitrogen and oxygen atoms in total. The van der Waals surface area contributed by atoms with Gasteiger partial charge in [-0.05, 0) is 24.0 Å². The van der Waals surface area contributed by atoms with Gasteiger partial charge in [0, 0.05) is 12.7 Å². The number of nitrogens with one attached hydrogen (secondary N) is 1. The number of carboxylic acid groups (broad SMARTS) is 1. The third kappa shape index (κ3) is 3.57. The van der Waals surface area contributed by atoms with Crippen molar-refractivity contribution in [3.8, 4) is 0 Å². The monoisotopic (exact) mass is 270 g/mol. The van der Waals surface area contributed by atoms with Gasteiger partial charge < -0.3 is 10.4 Å². The van der Waals surface area contributed by atoms with Crippen molar-refractivity contribution < 1.29 is 9.90 Å². The Morgan fingerprint density at radius 1 is 1.30 bits per heavy atom. The molecular formula is C16H18N2O2. The number of pyridine rings is 1. The predicted octanol–water partition coefficient (Wildman–Crippen LogP) is 3.39. The maximum Gasteiger partial charge on any atom is 0.337 e. The second kappa shape index (κ2) is 6.70. The summed E-state index contributed by atoms with van der Waals surface area (Å²) in [6.07, 6.45) is 3.97. The van der Waals surface area contributed by atoms with Crippen molar-refractivity contribution in [1.29, 1.82) is 0 Å². The summed E-state index contributed by atoms with van der Waals surface area (Å²) < 4.78 is 0. The first kappa shape index (κ1) is 14.1. The van der Waals surface area contributed by atoms with Gasteiger partial charge in [0.2, 0.25) is 0 Å². The Bertz CT molecular complexity index is 570. The first-order valence-corrected chi connectivity index (χ1v) is 6.64. The van der Waals surface area contributed by atoms with E-state index in [1.54, 1.807) is 6.20 Å². The van der Waals surface area contributed by atoms with E-state index in [4.69, 9.17) is 5.11 Å². The highest BCUT2D eigenvalue weighted by Gasteiger charge is 2.10. The molecule has 0 amide bonds. The molecule has 20 heavy (non-hydrogen) atoms. The minimum Gasteiger partial charge on any atom is -0.478 e. The minimum atomic E-state index is -0.939. The smallest absolute Gasteiger partial charge is 0.337 e. The number of aromatic carboxylic acids is 1. The van der Waals surface area contributed by atoms with E-state index < -0.39 is 5.97 Å². The van der Waals surface area contributed by atoms with Crippen molar-refractivity contribution in [3.63, 3.8) is 0 Å². The van der Waals surface area contributed by atoms with Gasteiger partial charge in [-0.3, -0.25) is 4.98 Å². The Balaban J connectivity index is 1.92. The number of nitrogens with zero attached hydrogens (tertiary/aromatic N) is 1. The van der Waals surface area contributed by atoms with Crippen LogP contribution in [0.5, 0.6) is 0 Å². The molecule has 2 aromatic rings. The second-order valence-electron chi connectivity index (χ2n) is 4.75. The highest BCUT2D eigenvalue weighted by molar-refractivity contribution is 5.93. The number of hydrogen-bond donors (Lipinski definition) is 2. The van der Waals surface area contributed by atoms with Crippen LogP contribution in [0.2, 0.25) is 0 Å². The molecule has 1 aromatic heterocycles. The van der Waals surface area contributed by atoms with Crippen LogP contribution in [0.1, 0.15) is 35.2 Å². The van der Waals surface area contributed by atoms with Crippen LogP contribution < -0.4 is 5.32 Å². The lowest BCUT2D eigenvalue weighted by Crippen LogP contribution is -2.10. The van der Waals surface area contributed by atoms with E-state index >= 15 is 0 Å². The van der Waals surface area contributed by atoms with E-state index in [9.17, 15) is 4.79 Å². The molecule has 4 heteroatoms. The van der Waals surface area contributed by atoms with E-state index in [1.807, 2.05) is 18.2 Å². The molecule has 0 bridgehead atoms. The minimum absolute atomic E-state index is 0.257. The molecule has 0 fully saturated rings. The molecule has 0 saturated carbocycles. The Hall–Kier alpha value is -2.36. The largest absolute Gasteiger partial charge is 0.478 e. The van der Waals surface area contributed by atoms with Gasteiger partial charge in [0.25, 0.3) is 0 Å². The summed E-state index contributed by atoms with van der Waals surface area (Å²) in [5.41, 5.74) is 2.12. The van der Waals surface area contributed by atoms with Gasteiger partial charge >= 0.3 is 5.97 Å². The molecule has 2 rings (SSSR count). The number of carbonyl (C=O) groups is 1. The Kier molecular flexibility index (Phi) is 4.71. The van der Waals surface area contributed by atoms with Gasteiger partial charge in [-0.25, -0.2) is 4.79 Å². The second-order valence-corrected chi connectivity index (χ2v) is 4.75. The van der Waals surface area contributed by atoms with Crippen molar-refractivity contribution in [1.82, 2.24) is 4.98 Å². The van der Waals surface area contributed by atoms with Crippen molar-refractivity contribution in [2.24, 2.45) is 0 Å². The molecule has 1 aromatic carbocycles. The SMILES string of the molecule is CC(CCNc1cnccc1C(=O)O)c1ccccc1. The molecular weight excluding hydrogens is 252 g/mol. The van der Waals surface area contributed by atoms with Gasteiger partial charge in [0.05, 0.1) is 17.4 Å². The zero-order valence-electron chi connectivity index (χ0n) is 11.4. The third-order valence-electron chi connectivity index (χ3n) is 3.31. The van der Waals surface area contributed by atoms with Crippen molar-refractivity contribution in [2.75, 3.05) is 11.9 Å². The van der Waals surface area contributed by atoms with Crippen LogP contribution in [0.4, 0.5) is 5.69 Å². The highest BCUT2D eigenvalue weighted by atomic mass is 16.4. The van der Waals surface area contributed by atoms with Gasteiger partial charge in [-0.15, -0.1) is 0 Å². The third-order valence-corrected chi connectivity index (χ3v) is 3.31. The summed E-state index contributed by atoms with van der Waals surface area (Å²) in [4.78, 5) is 15.0. The topological polar surface area (TPSA) is 62.2 Å². The molecule has 0 radical (unpaired) electrons. The lowest BCUT2D eigenvalue weighted by Gasteiger charge is -2.13. The summed E-state index contributed by atoms with van der Waals surface area (Å²) in [6, 6.07) is 11.8. The van der Waals surface area contributed by atoms with Gasteiger partial charge in [-0.2, -0.15) is 0 Å². The maximum absolute atomic E-state index is 11.1. The van der Waals surface area contributed by atoms with Crippen LogP contribution in [0.3, 0.4) is 0 Å². The molecule has 0 aliphatic rings. The first-order chi connectivity index (χ1) is 9.68. The van der Waals surface area contributed by atoms with Crippen molar-refractivity contribution in [2.45, 2.75) is 19.3 Å². The average molecular weight is 270 g/mol. The summed E-state index contributed by atoms with van der Waals surface area (Å²) in [5.74, 6) is -0.514. The number of aromatic nitrogens is 1. The average Bonchev–Trinajstić information content (AvgIpc) is 2.48. The number of anilines is 1. The van der Waals surface area contributed by atoms with Crippen LogP contribution in [0.15, 0.2) is 48.8 Å². The maximum atomic E-state index is 11.1. The lowest BCUT2D eigenvalue weighted by molar-refractivity contribution is 0.0698. The molecule has 1 heterocycles. The van der Waals surface area contributed by atoms with Crippen molar-refractivity contribution >= 4 is 11.7 Å². The van der Waals surface area contributed by atoms with E-state index in [0.717, 1.165) is 6.42 Å². The fourth-order valence-corrected chi connectivity index (χ4v) is 2.09. The number of rotatable bonds is 6. The Morgan fingerprint density at radius 2 is 2.05 bits per heavy atom. The van der Waals surface area contributed by atoms with Gasteiger partial charge in [0.15, 0.2) is 0 Å². The van der Waals surface area contributed by atoms with Crippen LogP contribution in [0.25, 0.3) is 0 Å². The van der Waals surface area contributed by atoms with E-state index in [-0.39, 0.29) is 5.56 Å². The van der Waals surface area contributed by atoms with Crippen LogP contribution in [-0.4, -0.2) is 22.6 Å². The summed E-state index contributed by atoms with van der Waals surface area (Å²) >= 11 is 0. The Morgan fingerprint density at radius 3 is 2.75 bits per heavy atom. The molecule has 1 atom stereocenters. The molecule has 0 aliphatic heterocycles. The quantitative estimate of drug-likeness (QED) is 0.844. The number of hydrogen-bond acceptors (Lipinski definition) is 3. The molecule has 0 saturated heterocycles. The van der Waals surface area contributed by atoms with Gasteiger partial charge in [0.1, 0.15) is 0 Å². The zero-order chi connectivity index (χ0) is 14.4. The van der Waals surface area contributed by atoms with E-state index in [0.29, 0.717) is 18.2 Å². The highest BCUT2D eigenvalue weighted by Crippen LogP contribution is 2.19. The molecule has 0 aliphatic carbocycles. The van der Waals surface area contributed by atoms with Crippen molar-refractivity contribution in [3.05, 3.63) is 59.9 Å². The molecule has 104 valence electrons. The van der Waals surface area contributed by atoms with Crippen LogP contribution in [0, 0.1) is 0 Å². The summed E-state index contributed by atoms with van der Waals surface area (Å²) in [5, 5.41) is 12.2. The number of carboxylic acids is 1. The van der Waals surface area contributed by atoms with E-state index in [2.05, 4.69) is 29.4 Å². The fourth-order valence-electron chi connectivity index (χ4n) is 2.09. The summed E-state index contributed by atoms with van der Waals surface area (Å²) in [6.45, 7) is 2.88. The number of benzene rings is 1. The lowest BCUT2D eigenvalue weighted by atomic mass is 9.98. The van der Waals surface area contributed by atoms with Crippen LogP contribution >= 0.6 is 0 Å². The van der Waals surface area contributed by atoms with Crippen LogP contribution in [-0.2, 0) is 0 Å². The van der Waals surface area contributed by atoms with E-state index in [1.165, 1.54) is 17.8 Å². The molecule has 1 unspecified atom stereocenters. The molecule has 2 N–H and O–H groups in total. The predicted molar refractivity (Wildman–Crippen MR) is 79.2 cm³/mol. The first-order valence-electron chi connectivity index (χ1n) is 6.64. The Labute approximate surface area is 118 Å². The standard InChI is InChI=1S/C16H18N2O2/c1-12(13-5-3-2-4-6-13)7-10-18-15-11-17-9-8-14(15)16(19)20/h2-6,8-9,11-12,18H,7,10H2,1H3,(H,19,20). The summed E-state index contributed by atoms with van der Waals surface area (Å²) in [7, 11) is 0. The normalized spacial score (nSPS) is 11.8.